The largest absolute Gasteiger partial charge is 0.385 e. The van der Waals surface area contributed by atoms with Crippen molar-refractivity contribution in [3.8, 4) is 0 Å². The summed E-state index contributed by atoms with van der Waals surface area (Å²) >= 11 is 0. The van der Waals surface area contributed by atoms with E-state index in [0.717, 1.165) is 19.5 Å². The molecule has 1 unspecified atom stereocenters. The van der Waals surface area contributed by atoms with Crippen LogP contribution in [-0.4, -0.2) is 32.0 Å². The molecule has 0 amide bonds. The van der Waals surface area contributed by atoms with E-state index in [1.807, 2.05) is 6.92 Å². The number of aryl methyl sites for hydroxylation is 1. The Morgan fingerprint density at radius 2 is 2.25 bits per heavy atom. The molecule has 1 aromatic rings. The molecule has 1 saturated heterocycles. The van der Waals surface area contributed by atoms with E-state index in [1.54, 1.807) is 0 Å². The lowest BCUT2D eigenvalue weighted by atomic mass is 9.99. The van der Waals surface area contributed by atoms with E-state index in [0.29, 0.717) is 12.2 Å². The van der Waals surface area contributed by atoms with Crippen LogP contribution in [0.25, 0.3) is 0 Å². The SMILES string of the molecule is CC1(NCc2ccc3c(c2)CCCN3)CCS(=O)(=O)C1. The maximum atomic E-state index is 11.6. The fraction of sp³-hybridized carbons (Fsp3) is 0.600. The predicted octanol–water partition coefficient (Wildman–Crippen LogP) is 1.71. The molecule has 20 heavy (non-hydrogen) atoms. The van der Waals surface area contributed by atoms with Crippen LogP contribution in [-0.2, 0) is 22.8 Å². The molecule has 110 valence electrons. The molecule has 2 aliphatic rings. The van der Waals surface area contributed by atoms with Crippen molar-refractivity contribution in [1.82, 2.24) is 5.32 Å². The van der Waals surface area contributed by atoms with Gasteiger partial charge in [0.25, 0.3) is 0 Å². The minimum atomic E-state index is -2.85. The summed E-state index contributed by atoms with van der Waals surface area (Å²) in [6.45, 7) is 3.80. The molecule has 2 heterocycles. The smallest absolute Gasteiger partial charge is 0.152 e. The zero-order valence-electron chi connectivity index (χ0n) is 11.9. The van der Waals surface area contributed by atoms with Crippen molar-refractivity contribution in [3.05, 3.63) is 29.3 Å². The van der Waals surface area contributed by atoms with Gasteiger partial charge < -0.3 is 10.6 Å². The van der Waals surface area contributed by atoms with Gasteiger partial charge in [0.05, 0.1) is 11.5 Å². The Labute approximate surface area is 120 Å². The maximum Gasteiger partial charge on any atom is 0.152 e. The van der Waals surface area contributed by atoms with E-state index >= 15 is 0 Å². The van der Waals surface area contributed by atoms with Crippen LogP contribution in [0.1, 0.15) is 30.9 Å². The Morgan fingerprint density at radius 1 is 1.40 bits per heavy atom. The first-order valence-corrected chi connectivity index (χ1v) is 9.09. The van der Waals surface area contributed by atoms with Crippen molar-refractivity contribution in [1.29, 1.82) is 0 Å². The van der Waals surface area contributed by atoms with Gasteiger partial charge in [-0.25, -0.2) is 8.42 Å². The zero-order valence-corrected chi connectivity index (χ0v) is 12.7. The van der Waals surface area contributed by atoms with E-state index in [2.05, 4.69) is 28.8 Å². The van der Waals surface area contributed by atoms with E-state index in [-0.39, 0.29) is 11.3 Å². The molecule has 4 nitrogen and oxygen atoms in total. The third kappa shape index (κ3) is 2.99. The summed E-state index contributed by atoms with van der Waals surface area (Å²) in [4.78, 5) is 0. The lowest BCUT2D eigenvalue weighted by Crippen LogP contribution is -2.42. The van der Waals surface area contributed by atoms with Crippen molar-refractivity contribution in [2.75, 3.05) is 23.4 Å². The van der Waals surface area contributed by atoms with Crippen LogP contribution >= 0.6 is 0 Å². The molecule has 0 spiro atoms. The average molecular weight is 294 g/mol. The summed E-state index contributed by atoms with van der Waals surface area (Å²) in [5.74, 6) is 0.567. The standard InChI is InChI=1S/C15H22N2O2S/c1-15(6-8-20(18,19)11-15)17-10-12-4-5-14-13(9-12)3-2-7-16-14/h4-5,9,16-17H,2-3,6-8,10-11H2,1H3. The van der Waals surface area contributed by atoms with Crippen LogP contribution in [0.4, 0.5) is 5.69 Å². The Hall–Kier alpha value is -1.07. The van der Waals surface area contributed by atoms with Crippen molar-refractivity contribution in [2.24, 2.45) is 0 Å². The average Bonchev–Trinajstić information content (AvgIpc) is 2.71. The monoisotopic (exact) mass is 294 g/mol. The van der Waals surface area contributed by atoms with Gasteiger partial charge in [0.2, 0.25) is 0 Å². The number of fused-ring (bicyclic) bond motifs is 1. The zero-order chi connectivity index (χ0) is 14.2. The summed E-state index contributed by atoms with van der Waals surface area (Å²) in [7, 11) is -2.85. The van der Waals surface area contributed by atoms with Gasteiger partial charge in [-0.3, -0.25) is 0 Å². The molecule has 2 aliphatic heterocycles. The second-order valence-corrected chi connectivity index (χ2v) is 8.46. The van der Waals surface area contributed by atoms with Crippen molar-refractivity contribution in [2.45, 2.75) is 38.3 Å². The summed E-state index contributed by atoms with van der Waals surface area (Å²) in [5.41, 5.74) is 3.58. The first-order valence-electron chi connectivity index (χ1n) is 7.27. The first-order chi connectivity index (χ1) is 9.46. The Balaban J connectivity index is 1.67. The Kier molecular flexibility index (Phi) is 3.50. The highest BCUT2D eigenvalue weighted by molar-refractivity contribution is 7.91. The van der Waals surface area contributed by atoms with Crippen LogP contribution in [0, 0.1) is 0 Å². The summed E-state index contributed by atoms with van der Waals surface area (Å²) < 4.78 is 23.2. The van der Waals surface area contributed by atoms with Gasteiger partial charge in [-0.2, -0.15) is 0 Å². The molecule has 5 heteroatoms. The maximum absolute atomic E-state index is 11.6. The van der Waals surface area contributed by atoms with E-state index in [4.69, 9.17) is 0 Å². The third-order valence-corrected chi connectivity index (χ3v) is 6.23. The third-order valence-electron chi connectivity index (χ3n) is 4.33. The van der Waals surface area contributed by atoms with E-state index in [9.17, 15) is 8.42 Å². The quantitative estimate of drug-likeness (QED) is 0.891. The van der Waals surface area contributed by atoms with Gasteiger partial charge in [-0.1, -0.05) is 12.1 Å². The Bertz CT molecular complexity index is 612. The second-order valence-electron chi connectivity index (χ2n) is 6.28. The summed E-state index contributed by atoms with van der Waals surface area (Å²) in [6.07, 6.45) is 3.02. The molecule has 2 N–H and O–H groups in total. The molecule has 3 rings (SSSR count). The minimum Gasteiger partial charge on any atom is -0.385 e. The second kappa shape index (κ2) is 5.04. The number of hydrogen-bond acceptors (Lipinski definition) is 4. The molecule has 1 aromatic carbocycles. The van der Waals surface area contributed by atoms with Gasteiger partial charge >= 0.3 is 0 Å². The number of rotatable bonds is 3. The molecule has 0 aliphatic carbocycles. The van der Waals surface area contributed by atoms with Crippen LogP contribution in [0.15, 0.2) is 18.2 Å². The predicted molar refractivity (Wildman–Crippen MR) is 81.8 cm³/mol. The van der Waals surface area contributed by atoms with Crippen LogP contribution < -0.4 is 10.6 Å². The molecule has 0 saturated carbocycles. The molecule has 1 fully saturated rings. The van der Waals surface area contributed by atoms with Crippen LogP contribution in [0.5, 0.6) is 0 Å². The number of hydrogen-bond donors (Lipinski definition) is 2. The molecule has 0 aromatic heterocycles. The lowest BCUT2D eigenvalue weighted by Gasteiger charge is -2.25. The fourth-order valence-electron chi connectivity index (χ4n) is 3.10. The minimum absolute atomic E-state index is 0.256. The molecular weight excluding hydrogens is 272 g/mol. The highest BCUT2D eigenvalue weighted by Gasteiger charge is 2.37. The lowest BCUT2D eigenvalue weighted by molar-refractivity contribution is 0.395. The van der Waals surface area contributed by atoms with Gasteiger partial charge in [-0.05, 0) is 43.4 Å². The van der Waals surface area contributed by atoms with Gasteiger partial charge in [0, 0.05) is 24.3 Å². The first kappa shape index (κ1) is 13.9. The number of sulfone groups is 1. The molecular formula is C15H22N2O2S. The van der Waals surface area contributed by atoms with Crippen molar-refractivity contribution >= 4 is 15.5 Å². The van der Waals surface area contributed by atoms with Gasteiger partial charge in [-0.15, -0.1) is 0 Å². The van der Waals surface area contributed by atoms with Crippen molar-refractivity contribution < 1.29 is 8.42 Å². The number of anilines is 1. The number of nitrogens with one attached hydrogen (secondary N) is 2. The van der Waals surface area contributed by atoms with Crippen molar-refractivity contribution in [3.63, 3.8) is 0 Å². The normalized spacial score (nSPS) is 27.9. The highest BCUT2D eigenvalue weighted by atomic mass is 32.2. The van der Waals surface area contributed by atoms with Crippen LogP contribution in [0.3, 0.4) is 0 Å². The highest BCUT2D eigenvalue weighted by Crippen LogP contribution is 2.25. The topological polar surface area (TPSA) is 58.2 Å². The molecule has 0 bridgehead atoms. The molecule has 0 radical (unpaired) electrons. The number of benzene rings is 1. The van der Waals surface area contributed by atoms with E-state index < -0.39 is 9.84 Å². The summed E-state index contributed by atoms with van der Waals surface area (Å²) in [5, 5.41) is 6.84. The van der Waals surface area contributed by atoms with Gasteiger partial charge in [0.1, 0.15) is 0 Å². The summed E-state index contributed by atoms with van der Waals surface area (Å²) in [6, 6.07) is 6.50. The fourth-order valence-corrected chi connectivity index (χ4v) is 5.23. The van der Waals surface area contributed by atoms with Crippen LogP contribution in [0.2, 0.25) is 0 Å². The molecule has 1 atom stereocenters. The Morgan fingerprint density at radius 3 is 3.00 bits per heavy atom. The van der Waals surface area contributed by atoms with Gasteiger partial charge in [0.15, 0.2) is 9.84 Å². The van der Waals surface area contributed by atoms with E-state index in [1.165, 1.54) is 23.2 Å².